The summed E-state index contributed by atoms with van der Waals surface area (Å²) in [5.41, 5.74) is 0. The molecular weight excluding hydrogens is 150 g/mol. The third-order valence-corrected chi connectivity index (χ3v) is 0.942. The highest BCUT2D eigenvalue weighted by Gasteiger charge is 2.09. The Morgan fingerprint density at radius 3 is 2.45 bits per heavy atom. The molecule has 0 heterocycles. The van der Waals surface area contributed by atoms with E-state index in [-0.39, 0.29) is 13.0 Å². The lowest BCUT2D eigenvalue weighted by Gasteiger charge is -2.13. The zero-order valence-corrected chi connectivity index (χ0v) is 6.53. The molecule has 0 saturated heterocycles. The normalized spacial score (nSPS) is 9.00. The molecular formula is C6H11NO4. The smallest absolute Gasteiger partial charge is 0.329 e. The van der Waals surface area contributed by atoms with E-state index in [1.54, 1.807) is 0 Å². The number of nitrogens with zero attached hydrogens (tertiary/aromatic N) is 1. The van der Waals surface area contributed by atoms with E-state index >= 15 is 0 Å². The average molecular weight is 161 g/mol. The van der Waals surface area contributed by atoms with Crippen LogP contribution in [0.25, 0.3) is 0 Å². The summed E-state index contributed by atoms with van der Waals surface area (Å²) in [5, 5.41) is 9.14. The largest absolute Gasteiger partial charge is 0.396 e. The van der Waals surface area contributed by atoms with Gasteiger partial charge in [-0.15, -0.1) is 0 Å². The minimum absolute atomic E-state index is 0.0379. The first kappa shape index (κ1) is 9.90. The fraction of sp³-hybridized carbons (Fsp3) is 0.667. The number of aliphatic hydroxyl groups excluding tert-OH is 1. The summed E-state index contributed by atoms with van der Waals surface area (Å²) >= 11 is 0. The number of hydrogen-bond donors (Lipinski definition) is 1. The molecule has 0 aliphatic heterocycles. The van der Waals surface area contributed by atoms with Crippen LogP contribution in [0.1, 0.15) is 13.3 Å². The van der Waals surface area contributed by atoms with Gasteiger partial charge >= 0.3 is 5.97 Å². The Balaban J connectivity index is 3.73. The third kappa shape index (κ3) is 4.32. The van der Waals surface area contributed by atoms with Crippen LogP contribution in [0, 0.1) is 0 Å². The van der Waals surface area contributed by atoms with Gasteiger partial charge in [-0.1, -0.05) is 0 Å². The SMILES string of the molecule is CC(=O)ON(C)C(=O)CCO. The van der Waals surface area contributed by atoms with Gasteiger partial charge in [0.2, 0.25) is 0 Å². The molecule has 0 aromatic heterocycles. The molecule has 0 radical (unpaired) electrons. The van der Waals surface area contributed by atoms with Crippen LogP contribution in [-0.2, 0) is 14.4 Å². The van der Waals surface area contributed by atoms with E-state index in [1.165, 1.54) is 14.0 Å². The molecule has 0 unspecified atom stereocenters. The number of hydrogen-bond acceptors (Lipinski definition) is 4. The van der Waals surface area contributed by atoms with Crippen LogP contribution < -0.4 is 0 Å². The Labute approximate surface area is 64.5 Å². The summed E-state index contributed by atoms with van der Waals surface area (Å²) in [6.45, 7) is 0.952. The molecule has 0 aromatic carbocycles. The van der Waals surface area contributed by atoms with Crippen molar-refractivity contribution in [3.63, 3.8) is 0 Å². The Kier molecular flexibility index (Phi) is 4.21. The van der Waals surface area contributed by atoms with Gasteiger partial charge < -0.3 is 9.94 Å². The Morgan fingerprint density at radius 2 is 2.09 bits per heavy atom. The second-order valence-electron chi connectivity index (χ2n) is 1.95. The van der Waals surface area contributed by atoms with Crippen molar-refractivity contribution in [2.45, 2.75) is 13.3 Å². The van der Waals surface area contributed by atoms with E-state index < -0.39 is 11.9 Å². The molecule has 1 amide bonds. The number of aliphatic hydroxyl groups is 1. The standard InChI is InChI=1S/C6H11NO4/c1-5(9)11-7(2)6(10)3-4-8/h8H,3-4H2,1-2H3. The lowest BCUT2D eigenvalue weighted by atomic mass is 10.4. The highest BCUT2D eigenvalue weighted by Crippen LogP contribution is 1.91. The molecule has 0 aromatic rings. The van der Waals surface area contributed by atoms with Crippen LogP contribution in [0.4, 0.5) is 0 Å². The predicted molar refractivity (Wildman–Crippen MR) is 36.2 cm³/mol. The highest BCUT2D eigenvalue weighted by atomic mass is 16.7. The van der Waals surface area contributed by atoms with Gasteiger partial charge in [-0.05, 0) is 0 Å². The summed E-state index contributed by atoms with van der Waals surface area (Å²) in [5.74, 6) is -0.985. The fourth-order valence-electron chi connectivity index (χ4n) is 0.497. The number of carbonyl (C=O) groups is 2. The molecule has 0 bridgehead atoms. The van der Waals surface area contributed by atoms with Crippen LogP contribution >= 0.6 is 0 Å². The molecule has 0 fully saturated rings. The number of rotatable bonds is 2. The van der Waals surface area contributed by atoms with Crippen molar-refractivity contribution < 1.29 is 19.5 Å². The van der Waals surface area contributed by atoms with Gasteiger partial charge in [0, 0.05) is 14.0 Å². The maximum Gasteiger partial charge on any atom is 0.329 e. The average Bonchev–Trinajstić information content (AvgIpc) is 1.86. The van der Waals surface area contributed by atoms with Crippen molar-refractivity contribution in [2.24, 2.45) is 0 Å². The van der Waals surface area contributed by atoms with Crippen molar-refractivity contribution in [3.05, 3.63) is 0 Å². The van der Waals surface area contributed by atoms with Crippen molar-refractivity contribution in [1.29, 1.82) is 0 Å². The van der Waals surface area contributed by atoms with Crippen LogP contribution in [0.3, 0.4) is 0 Å². The second-order valence-corrected chi connectivity index (χ2v) is 1.95. The lowest BCUT2D eigenvalue weighted by Crippen LogP contribution is -2.29. The Hall–Kier alpha value is -1.10. The lowest BCUT2D eigenvalue weighted by molar-refractivity contribution is -0.191. The monoisotopic (exact) mass is 161 g/mol. The molecule has 64 valence electrons. The first-order valence-electron chi connectivity index (χ1n) is 3.14. The van der Waals surface area contributed by atoms with Crippen LogP contribution in [-0.4, -0.2) is 35.7 Å². The first-order valence-corrected chi connectivity index (χ1v) is 3.14. The van der Waals surface area contributed by atoms with Gasteiger partial charge in [-0.3, -0.25) is 9.59 Å². The van der Waals surface area contributed by atoms with Gasteiger partial charge in [0.05, 0.1) is 13.0 Å². The van der Waals surface area contributed by atoms with Gasteiger partial charge in [0.25, 0.3) is 5.91 Å². The van der Waals surface area contributed by atoms with E-state index in [0.717, 1.165) is 5.06 Å². The summed E-state index contributed by atoms with van der Waals surface area (Å²) in [6, 6.07) is 0. The number of carbonyl (C=O) groups excluding carboxylic acids is 2. The molecule has 0 atom stereocenters. The molecule has 11 heavy (non-hydrogen) atoms. The van der Waals surface area contributed by atoms with Gasteiger partial charge in [0.1, 0.15) is 0 Å². The van der Waals surface area contributed by atoms with Gasteiger partial charge in [-0.25, -0.2) is 0 Å². The maximum absolute atomic E-state index is 10.8. The first-order chi connectivity index (χ1) is 5.07. The topological polar surface area (TPSA) is 66.8 Å². The fourth-order valence-corrected chi connectivity index (χ4v) is 0.497. The number of amides is 1. The molecule has 0 aliphatic carbocycles. The minimum Gasteiger partial charge on any atom is -0.396 e. The second kappa shape index (κ2) is 4.68. The van der Waals surface area contributed by atoms with Crippen molar-refractivity contribution in [2.75, 3.05) is 13.7 Å². The zero-order chi connectivity index (χ0) is 8.85. The van der Waals surface area contributed by atoms with E-state index in [1.807, 2.05) is 0 Å². The van der Waals surface area contributed by atoms with Crippen LogP contribution in [0.5, 0.6) is 0 Å². The molecule has 0 rings (SSSR count). The Morgan fingerprint density at radius 1 is 1.55 bits per heavy atom. The zero-order valence-electron chi connectivity index (χ0n) is 6.53. The van der Waals surface area contributed by atoms with Gasteiger partial charge in [-0.2, -0.15) is 5.06 Å². The quantitative estimate of drug-likeness (QED) is 0.544. The third-order valence-electron chi connectivity index (χ3n) is 0.942. The summed E-state index contributed by atoms with van der Waals surface area (Å²) in [7, 11) is 1.32. The highest BCUT2D eigenvalue weighted by molar-refractivity contribution is 5.77. The van der Waals surface area contributed by atoms with Crippen LogP contribution in [0.15, 0.2) is 0 Å². The minimum atomic E-state index is -0.557. The maximum atomic E-state index is 10.8. The van der Waals surface area contributed by atoms with Crippen LogP contribution in [0.2, 0.25) is 0 Å². The summed E-state index contributed by atoms with van der Waals surface area (Å²) in [6.07, 6.45) is -0.0379. The van der Waals surface area contributed by atoms with E-state index in [9.17, 15) is 9.59 Å². The van der Waals surface area contributed by atoms with Crippen molar-refractivity contribution in [1.82, 2.24) is 5.06 Å². The molecule has 5 nitrogen and oxygen atoms in total. The van der Waals surface area contributed by atoms with Gasteiger partial charge in [0.15, 0.2) is 0 Å². The molecule has 0 saturated carbocycles. The van der Waals surface area contributed by atoms with Crippen molar-refractivity contribution in [3.8, 4) is 0 Å². The Bertz CT molecular complexity index is 157. The van der Waals surface area contributed by atoms with E-state index in [2.05, 4.69) is 4.84 Å². The molecule has 5 heteroatoms. The summed E-state index contributed by atoms with van der Waals surface area (Å²) in [4.78, 5) is 25.4. The number of hydroxylamine groups is 2. The molecule has 0 aliphatic rings. The molecule has 0 spiro atoms. The molecule has 1 N–H and O–H groups in total. The van der Waals surface area contributed by atoms with E-state index in [0.29, 0.717) is 0 Å². The summed E-state index contributed by atoms with van der Waals surface area (Å²) < 4.78 is 0. The van der Waals surface area contributed by atoms with Crippen molar-refractivity contribution >= 4 is 11.9 Å². The van der Waals surface area contributed by atoms with E-state index in [4.69, 9.17) is 5.11 Å². The predicted octanol–water partition coefficient (Wildman–Crippen LogP) is -0.695.